The highest BCUT2D eigenvalue weighted by Gasteiger charge is 2.27. The zero-order chi connectivity index (χ0) is 16.9. The molecule has 22 heavy (non-hydrogen) atoms. The lowest BCUT2D eigenvalue weighted by Gasteiger charge is -2.31. The molecule has 1 amide bonds. The number of carbonyl (C=O) groups is 1. The largest absolute Gasteiger partial charge is 0.495 e. The molecule has 5 nitrogen and oxygen atoms in total. The molecule has 0 bridgehead atoms. The number of carbonyl (C=O) groups excluding carboxylic acids is 1. The molecule has 0 aliphatic rings. The number of rotatable bonds is 7. The van der Waals surface area contributed by atoms with Crippen molar-refractivity contribution >= 4 is 21.8 Å². The van der Waals surface area contributed by atoms with E-state index >= 15 is 0 Å². The van der Waals surface area contributed by atoms with Crippen LogP contribution in [-0.2, 0) is 0 Å². The first-order chi connectivity index (χ1) is 10.3. The fraction of sp³-hybridized carbons (Fsp3) is 0.562. The number of hydrogen-bond donors (Lipinski definition) is 2. The molecule has 1 unspecified atom stereocenters. The maximum atomic E-state index is 12.6. The van der Waals surface area contributed by atoms with E-state index in [2.05, 4.69) is 35.1 Å². The second-order valence-corrected chi connectivity index (χ2v) is 6.80. The van der Waals surface area contributed by atoms with Crippen LogP contribution in [0.2, 0.25) is 0 Å². The Bertz CT molecular complexity index is 509. The normalized spacial score (nSPS) is 13.6. The van der Waals surface area contributed by atoms with Crippen LogP contribution >= 0.6 is 15.9 Å². The molecule has 3 N–H and O–H groups in total. The van der Waals surface area contributed by atoms with Gasteiger partial charge in [0.05, 0.1) is 14.2 Å². The molecule has 124 valence electrons. The van der Waals surface area contributed by atoms with Crippen molar-refractivity contribution in [3.05, 3.63) is 22.2 Å². The smallest absolute Gasteiger partial charge is 0.252 e. The zero-order valence-corrected chi connectivity index (χ0v) is 15.4. The van der Waals surface area contributed by atoms with Crippen molar-refractivity contribution in [2.24, 2.45) is 11.7 Å². The van der Waals surface area contributed by atoms with Gasteiger partial charge < -0.3 is 20.5 Å². The molecule has 0 aliphatic carbocycles. The number of halogens is 1. The van der Waals surface area contributed by atoms with Gasteiger partial charge in [0.15, 0.2) is 0 Å². The first-order valence-corrected chi connectivity index (χ1v) is 7.99. The van der Waals surface area contributed by atoms with E-state index in [1.54, 1.807) is 26.4 Å². The Morgan fingerprint density at radius 3 is 2.18 bits per heavy atom. The molecule has 0 radical (unpaired) electrons. The molecule has 0 saturated heterocycles. The Balaban J connectivity index is 3.07. The standard InChI is InChI=1S/C16H25BrN2O3/c1-10(2)8-16(3,9-18)19-15(20)11-6-12(21-4)14(17)13(7-11)22-5/h6-7,10H,8-9,18H2,1-5H3,(H,19,20). The average molecular weight is 373 g/mol. The minimum absolute atomic E-state index is 0.197. The number of hydrogen-bond acceptors (Lipinski definition) is 4. The fourth-order valence-electron chi connectivity index (χ4n) is 2.43. The molecular weight excluding hydrogens is 348 g/mol. The summed E-state index contributed by atoms with van der Waals surface area (Å²) in [6.07, 6.45) is 0.806. The monoisotopic (exact) mass is 372 g/mol. The highest BCUT2D eigenvalue weighted by atomic mass is 79.9. The van der Waals surface area contributed by atoms with E-state index in [1.807, 2.05) is 6.92 Å². The summed E-state index contributed by atoms with van der Waals surface area (Å²) >= 11 is 3.39. The van der Waals surface area contributed by atoms with Crippen LogP contribution in [0.4, 0.5) is 0 Å². The number of amides is 1. The molecule has 1 aromatic carbocycles. The lowest BCUT2D eigenvalue weighted by atomic mass is 9.90. The van der Waals surface area contributed by atoms with Gasteiger partial charge in [0.1, 0.15) is 16.0 Å². The first-order valence-electron chi connectivity index (χ1n) is 7.20. The van der Waals surface area contributed by atoms with E-state index in [4.69, 9.17) is 15.2 Å². The minimum atomic E-state index is -0.446. The van der Waals surface area contributed by atoms with Crippen molar-refractivity contribution in [3.8, 4) is 11.5 Å². The van der Waals surface area contributed by atoms with Crippen LogP contribution < -0.4 is 20.5 Å². The molecule has 0 heterocycles. The summed E-state index contributed by atoms with van der Waals surface area (Å²) in [5.74, 6) is 1.33. The Morgan fingerprint density at radius 1 is 1.32 bits per heavy atom. The highest BCUT2D eigenvalue weighted by Crippen LogP contribution is 2.35. The van der Waals surface area contributed by atoms with Gasteiger partial charge in [-0.3, -0.25) is 4.79 Å². The topological polar surface area (TPSA) is 73.6 Å². The molecule has 0 fully saturated rings. The summed E-state index contributed by atoms with van der Waals surface area (Å²) in [6.45, 7) is 6.54. The lowest BCUT2D eigenvalue weighted by molar-refractivity contribution is 0.0897. The van der Waals surface area contributed by atoms with E-state index < -0.39 is 5.54 Å². The second kappa shape index (κ2) is 7.83. The van der Waals surface area contributed by atoms with Gasteiger partial charge in [-0.2, -0.15) is 0 Å². The van der Waals surface area contributed by atoms with Gasteiger partial charge in [0, 0.05) is 17.6 Å². The van der Waals surface area contributed by atoms with Crippen LogP contribution in [0.25, 0.3) is 0 Å². The van der Waals surface area contributed by atoms with Crippen molar-refractivity contribution in [2.45, 2.75) is 32.7 Å². The summed E-state index contributed by atoms with van der Waals surface area (Å²) < 4.78 is 11.2. The number of benzene rings is 1. The van der Waals surface area contributed by atoms with Gasteiger partial charge in [-0.1, -0.05) is 13.8 Å². The number of nitrogens with two attached hydrogens (primary N) is 1. The van der Waals surface area contributed by atoms with Crippen LogP contribution in [0.5, 0.6) is 11.5 Å². The fourth-order valence-corrected chi connectivity index (χ4v) is 2.99. The van der Waals surface area contributed by atoms with Crippen molar-refractivity contribution in [3.63, 3.8) is 0 Å². The second-order valence-electron chi connectivity index (χ2n) is 6.01. The van der Waals surface area contributed by atoms with E-state index in [1.165, 1.54) is 0 Å². The van der Waals surface area contributed by atoms with Crippen LogP contribution in [0.1, 0.15) is 37.6 Å². The maximum Gasteiger partial charge on any atom is 0.252 e. The maximum absolute atomic E-state index is 12.6. The van der Waals surface area contributed by atoms with Gasteiger partial charge in [-0.15, -0.1) is 0 Å². The predicted octanol–water partition coefficient (Wildman–Crippen LogP) is 2.96. The molecular formula is C16H25BrN2O3. The van der Waals surface area contributed by atoms with E-state index in [-0.39, 0.29) is 5.91 Å². The van der Waals surface area contributed by atoms with Crippen LogP contribution in [-0.4, -0.2) is 32.2 Å². The molecule has 1 atom stereocenters. The van der Waals surface area contributed by atoms with E-state index in [9.17, 15) is 4.79 Å². The van der Waals surface area contributed by atoms with Crippen LogP contribution in [0, 0.1) is 5.92 Å². The zero-order valence-electron chi connectivity index (χ0n) is 13.8. The number of nitrogens with one attached hydrogen (secondary N) is 1. The number of methoxy groups -OCH3 is 2. The van der Waals surface area contributed by atoms with Crippen molar-refractivity contribution in [1.29, 1.82) is 0 Å². The summed E-state index contributed by atoms with van der Waals surface area (Å²) in [4.78, 5) is 12.6. The Kier molecular flexibility index (Phi) is 6.68. The van der Waals surface area contributed by atoms with Gasteiger partial charge in [-0.05, 0) is 47.3 Å². The van der Waals surface area contributed by atoms with Gasteiger partial charge in [0.25, 0.3) is 5.91 Å². The minimum Gasteiger partial charge on any atom is -0.495 e. The molecule has 0 aromatic heterocycles. The molecule has 0 spiro atoms. The van der Waals surface area contributed by atoms with Gasteiger partial charge >= 0.3 is 0 Å². The Morgan fingerprint density at radius 2 is 1.82 bits per heavy atom. The summed E-state index contributed by atoms with van der Waals surface area (Å²) in [5, 5.41) is 3.02. The quantitative estimate of drug-likeness (QED) is 0.771. The van der Waals surface area contributed by atoms with Crippen LogP contribution in [0.15, 0.2) is 16.6 Å². The molecule has 0 saturated carbocycles. The molecule has 1 aromatic rings. The summed E-state index contributed by atoms with van der Waals surface area (Å²) in [5.41, 5.74) is 5.87. The Labute approximate surface area is 140 Å². The first kappa shape index (κ1) is 18.8. The molecule has 1 rings (SSSR count). The van der Waals surface area contributed by atoms with E-state index in [0.29, 0.717) is 34.0 Å². The highest BCUT2D eigenvalue weighted by molar-refractivity contribution is 9.10. The third-order valence-electron chi connectivity index (χ3n) is 3.43. The van der Waals surface area contributed by atoms with Crippen LogP contribution in [0.3, 0.4) is 0 Å². The van der Waals surface area contributed by atoms with Gasteiger partial charge in [0.2, 0.25) is 0 Å². The SMILES string of the molecule is COc1cc(C(=O)NC(C)(CN)CC(C)C)cc(OC)c1Br. The molecule has 0 aliphatic heterocycles. The van der Waals surface area contributed by atoms with Crippen molar-refractivity contribution < 1.29 is 14.3 Å². The third-order valence-corrected chi connectivity index (χ3v) is 4.21. The van der Waals surface area contributed by atoms with Crippen molar-refractivity contribution in [1.82, 2.24) is 5.32 Å². The molecule has 6 heteroatoms. The van der Waals surface area contributed by atoms with Gasteiger partial charge in [-0.25, -0.2) is 0 Å². The average Bonchev–Trinajstić information content (AvgIpc) is 2.46. The van der Waals surface area contributed by atoms with E-state index in [0.717, 1.165) is 6.42 Å². The number of ether oxygens (including phenoxy) is 2. The lowest BCUT2D eigenvalue weighted by Crippen LogP contribution is -2.52. The summed E-state index contributed by atoms with van der Waals surface area (Å²) in [6, 6.07) is 3.35. The Hall–Kier alpha value is -1.27. The third kappa shape index (κ3) is 4.61. The summed E-state index contributed by atoms with van der Waals surface area (Å²) in [7, 11) is 3.09. The van der Waals surface area contributed by atoms with Crippen molar-refractivity contribution in [2.75, 3.05) is 20.8 Å². The predicted molar refractivity (Wildman–Crippen MR) is 91.6 cm³/mol.